The zero-order valence-corrected chi connectivity index (χ0v) is 67.8. The summed E-state index contributed by atoms with van der Waals surface area (Å²) in [4.78, 5) is 165. The first kappa shape index (κ1) is 98.3. The largest absolute Gasteiger partial charge is 0.506 e. The van der Waals surface area contributed by atoms with Crippen LogP contribution in [0, 0.1) is 10.8 Å². The maximum absolute atomic E-state index is 12.6. The number of fused-ring (bicyclic) bond motifs is 2. The van der Waals surface area contributed by atoms with E-state index in [9.17, 15) is 116 Å². The van der Waals surface area contributed by atoms with Gasteiger partial charge >= 0.3 is 46.9 Å². The summed E-state index contributed by atoms with van der Waals surface area (Å²) in [5.41, 5.74) is 16.3. The first-order valence-electron chi connectivity index (χ1n) is 32.2. The van der Waals surface area contributed by atoms with Crippen molar-refractivity contribution in [3.63, 3.8) is 0 Å². The average Bonchev–Trinajstić information content (AvgIpc) is 1.62. The maximum atomic E-state index is 12.6. The van der Waals surface area contributed by atoms with Crippen LogP contribution in [0.2, 0.25) is 0 Å². The van der Waals surface area contributed by atoms with Crippen molar-refractivity contribution in [2.45, 2.75) is 115 Å². The molecule has 2 aliphatic rings. The second-order valence-corrected chi connectivity index (χ2v) is 35.3. The molecule has 0 spiro atoms. The number of carbonyl (C=O) groups is 5. The van der Waals surface area contributed by atoms with Crippen LogP contribution in [0.1, 0.15) is 65.6 Å². The molecule has 0 aromatic carbocycles. The molecule has 62 heteroatoms. The fourth-order valence-electron chi connectivity index (χ4n) is 9.20. The van der Waals surface area contributed by atoms with Crippen LogP contribution in [-0.2, 0) is 96.6 Å². The van der Waals surface area contributed by atoms with Gasteiger partial charge in [-0.1, -0.05) is 39.5 Å². The van der Waals surface area contributed by atoms with E-state index in [1.165, 1.54) is 46.9 Å². The fourth-order valence-corrected chi connectivity index (χ4v) is 15.7. The first-order valence-corrected chi connectivity index (χ1v) is 43.3. The SMILES string of the molecule is CC(C)(COP(=O)(O)OP(=O)(O)OC[C@H]1O[C@@H](n2cnc3c(N)ncnc32)[C@H](O)[C@@H]1OP(=O)(O)O)[C@@H](O)C(=O)NCCC(=O)NCCS.CC(O)C(=O)SCCNC(=O)CCNC(=O)[C@H](O)C(C)(C)COP(=O)(O)OP(=O)(O)OC[C@H]1O[C@@H](n2cnc3c(N)ncnc32)[C@H](O)[C@@H]1OP(=O)(O)O.NC(=S)NN=Cc1ncccc1O. The number of nitrogen functional groups attached to an aromatic ring is 2. The Labute approximate surface area is 658 Å². The third kappa shape index (κ3) is 31.5. The van der Waals surface area contributed by atoms with Gasteiger partial charge in [0, 0.05) is 67.6 Å². The molecular formula is C52H84N18O35P6S3. The van der Waals surface area contributed by atoms with Crippen molar-refractivity contribution in [2.75, 3.05) is 75.6 Å². The molecule has 5 aromatic heterocycles. The third-order valence-electron chi connectivity index (χ3n) is 14.8. The molecule has 0 saturated carbocycles. The minimum Gasteiger partial charge on any atom is -0.506 e. The molecule has 5 aromatic rings. The van der Waals surface area contributed by atoms with E-state index in [1.54, 1.807) is 12.3 Å². The smallest absolute Gasteiger partial charge is 0.481 e. The minimum atomic E-state index is -5.57. The molecule has 0 aliphatic carbocycles. The number of aliphatic hydroxyl groups is 5. The molecule has 2 fully saturated rings. The van der Waals surface area contributed by atoms with Crippen molar-refractivity contribution < 1.29 is 166 Å². The fraction of sp³-hybridized carbons (Fsp3) is 0.577. The summed E-state index contributed by atoms with van der Waals surface area (Å²) >= 11 is 9.29. The standard InChI is InChI=1S/C24H40N7O18P3S.C21H36N7O16P3S.C7H8N4OS/c1-12(32)23(37)53-7-6-26-14(33)4-5-27-21(36)18(35)24(2,3)9-46-52(43,44)49-51(41,42)45-8-13-17(48-50(38,39)40)16(34)22(47-13)31-11-30-15-19(25)28-10-29-20(15)31;1-21(2,16(31)19(32)24-4-3-12(29)23-5-6-48)8-41-47(38,39)44-46(36,37)40-7-11-15(43-45(33,34)35)14(30)20(42-11)28-10-27-13-17(22)25-9-26-18(13)28;8-7(13)11-10-4-5-6(12)2-1-3-9-5/h10-13,16-18,22,32,34-35H,4-9H2,1-3H3,(H,26,33)(H,27,36)(H,41,42)(H,43,44)(H2,25,28,29)(H2,38,39,40);9-11,14-16,20,30-31,48H,3-8H2,1-2H3,(H,23,29)(H,24,32)(H,36,37)(H,38,39)(H2,22,25,26)(H2,33,34,35);1-4,12H,(H3,8,11,13)/t12?,13-,16-,17-,18+,22-;11-,14-,15-,16+,20-;/m11./s1. The number of thioether (sulfide) groups is 1. The second-order valence-electron chi connectivity index (χ2n) is 24.8. The number of rotatable bonds is 40. The number of hydrogen-bond acceptors (Lipinski definition) is 40. The van der Waals surface area contributed by atoms with E-state index in [0.29, 0.717) is 18.0 Å². The van der Waals surface area contributed by atoms with Crippen LogP contribution in [0.15, 0.2) is 48.7 Å². The number of nitrogens with zero attached hydrogens (tertiary/aromatic N) is 10. The number of nitrogens with one attached hydrogen (secondary N) is 5. The lowest BCUT2D eigenvalue weighted by molar-refractivity contribution is -0.137. The molecule has 2 aliphatic heterocycles. The molecular weight excluding hydrogens is 1720 g/mol. The molecule has 0 bridgehead atoms. The van der Waals surface area contributed by atoms with Gasteiger partial charge in [-0.15, -0.1) is 0 Å². The minimum absolute atomic E-state index is 0.0251. The quantitative estimate of drug-likeness (QED) is 0.00449. The molecule has 15 atom stereocenters. The Morgan fingerprint density at radius 1 is 0.649 bits per heavy atom. The number of hydrazone groups is 1. The van der Waals surface area contributed by atoms with E-state index in [0.717, 1.165) is 46.2 Å². The number of phosphoric acid groups is 6. The van der Waals surface area contributed by atoms with E-state index in [1.807, 2.05) is 0 Å². The number of thiol groups is 1. The lowest BCUT2D eigenvalue weighted by Crippen LogP contribution is -2.46. The number of aromatic nitrogens is 9. The Morgan fingerprint density at radius 2 is 1.06 bits per heavy atom. The highest BCUT2D eigenvalue weighted by molar-refractivity contribution is 8.13. The second kappa shape index (κ2) is 42.9. The molecule has 53 nitrogen and oxygen atoms in total. The summed E-state index contributed by atoms with van der Waals surface area (Å²) in [5, 5.41) is 73.8. The van der Waals surface area contributed by atoms with Crippen molar-refractivity contribution in [3.8, 4) is 5.75 Å². The van der Waals surface area contributed by atoms with Crippen LogP contribution in [0.4, 0.5) is 11.6 Å². The van der Waals surface area contributed by atoms with E-state index in [-0.39, 0.29) is 89.0 Å². The van der Waals surface area contributed by atoms with Gasteiger partial charge in [-0.2, -0.15) is 26.4 Å². The van der Waals surface area contributed by atoms with E-state index in [4.69, 9.17) is 49.9 Å². The van der Waals surface area contributed by atoms with Gasteiger partial charge in [0.25, 0.3) is 0 Å². The molecule has 114 heavy (non-hydrogen) atoms. The molecule has 5 unspecified atom stereocenters. The highest BCUT2D eigenvalue weighted by Crippen LogP contribution is 2.63. The number of imidazole rings is 2. The monoisotopic (exact) mass is 1800 g/mol. The number of pyridine rings is 1. The number of thiocarbonyl (C=S) groups is 1. The number of aromatic hydroxyl groups is 1. The van der Waals surface area contributed by atoms with E-state index in [2.05, 4.69) is 109 Å². The topological polar surface area (TPSA) is 814 Å². The zero-order chi connectivity index (χ0) is 85.7. The number of nitrogens with two attached hydrogens (primary N) is 3. The van der Waals surface area contributed by atoms with Crippen molar-refractivity contribution in [1.29, 1.82) is 0 Å². The first-order chi connectivity index (χ1) is 52.8. The van der Waals surface area contributed by atoms with Gasteiger partial charge in [-0.25, -0.2) is 57.3 Å². The van der Waals surface area contributed by atoms with Gasteiger partial charge in [-0.3, -0.25) is 70.7 Å². The number of phosphoric ester groups is 6. The Kier molecular flexibility index (Phi) is 37.0. The van der Waals surface area contributed by atoms with Gasteiger partial charge in [0.15, 0.2) is 40.5 Å². The zero-order valence-electron chi connectivity index (χ0n) is 59.9. The van der Waals surface area contributed by atoms with Crippen molar-refractivity contribution in [2.24, 2.45) is 21.7 Å². The van der Waals surface area contributed by atoms with Gasteiger partial charge < -0.3 is 118 Å². The van der Waals surface area contributed by atoms with Gasteiger partial charge in [0.2, 0.25) is 28.7 Å². The summed E-state index contributed by atoms with van der Waals surface area (Å²) < 4.78 is 124. The summed E-state index contributed by atoms with van der Waals surface area (Å²) in [5.74, 6) is -2.23. The van der Waals surface area contributed by atoms with Crippen LogP contribution < -0.4 is 43.9 Å². The van der Waals surface area contributed by atoms with Gasteiger partial charge in [-0.05, 0) is 31.3 Å². The molecule has 4 amide bonds. The molecule has 7 rings (SSSR count). The number of carbonyl (C=O) groups excluding carboxylic acids is 5. The van der Waals surface area contributed by atoms with Crippen molar-refractivity contribution in [1.82, 2.24) is 70.7 Å². The van der Waals surface area contributed by atoms with Crippen LogP contribution in [0.3, 0.4) is 0 Å². The maximum Gasteiger partial charge on any atom is 0.481 e. The average molecular weight is 1800 g/mol. The van der Waals surface area contributed by atoms with Crippen LogP contribution in [0.5, 0.6) is 5.75 Å². The Bertz CT molecular complexity index is 4470. The Morgan fingerprint density at radius 3 is 1.45 bits per heavy atom. The number of hydrogen-bond donors (Lipinski definition) is 23. The third-order valence-corrected chi connectivity index (χ3v) is 22.3. The Hall–Kier alpha value is -6.28. The van der Waals surface area contributed by atoms with Crippen LogP contribution in [-0.4, -0.2) is 273 Å². The summed E-state index contributed by atoms with van der Waals surface area (Å²) in [6.45, 7) is 2.34. The van der Waals surface area contributed by atoms with Crippen molar-refractivity contribution in [3.05, 3.63) is 49.3 Å². The number of anilines is 2. The van der Waals surface area contributed by atoms with Gasteiger partial charge in [0.1, 0.15) is 90.1 Å². The van der Waals surface area contributed by atoms with Crippen LogP contribution >= 0.6 is 83.5 Å². The van der Waals surface area contributed by atoms with Crippen LogP contribution in [0.25, 0.3) is 22.3 Å². The highest BCUT2D eigenvalue weighted by atomic mass is 32.2. The summed E-state index contributed by atoms with van der Waals surface area (Å²) in [6, 6.07) is 3.13. The summed E-state index contributed by atoms with van der Waals surface area (Å²) in [6.07, 6.45) is -12.0. The van der Waals surface area contributed by atoms with E-state index >= 15 is 0 Å². The molecule has 0 radical (unpaired) electrons. The lowest BCUT2D eigenvalue weighted by Gasteiger charge is -2.30. The molecule has 640 valence electrons. The Balaban J connectivity index is 0.000000352. The van der Waals surface area contributed by atoms with Gasteiger partial charge in [0.05, 0.1) is 45.3 Å². The normalized spacial score (nSPS) is 21.6. The molecule has 7 heterocycles. The number of ether oxygens (including phenoxy) is 2. The van der Waals surface area contributed by atoms with Crippen molar-refractivity contribution >= 4 is 158 Å². The molecule has 2 saturated heterocycles. The lowest BCUT2D eigenvalue weighted by atomic mass is 9.87. The predicted molar refractivity (Wildman–Crippen MR) is 396 cm³/mol. The number of amides is 4. The van der Waals surface area contributed by atoms with E-state index < -0.39 is 174 Å². The highest BCUT2D eigenvalue weighted by Gasteiger charge is 2.53. The predicted octanol–water partition coefficient (Wildman–Crippen LogP) is -3.67. The summed E-state index contributed by atoms with van der Waals surface area (Å²) in [7, 11) is -32.7. The number of aliphatic hydroxyl groups excluding tert-OH is 5. The molecule has 25 N–H and O–H groups in total.